The summed E-state index contributed by atoms with van der Waals surface area (Å²) in [4.78, 5) is 24.8. The van der Waals surface area contributed by atoms with Gasteiger partial charge in [-0.15, -0.1) is 0 Å². The predicted octanol–water partition coefficient (Wildman–Crippen LogP) is 3.45. The number of carbonyl (C=O) groups is 2. The lowest BCUT2D eigenvalue weighted by molar-refractivity contribution is -0.125. The Hall–Kier alpha value is -3.22. The minimum atomic E-state index is -0.693. The molecule has 2 aromatic rings. The molecular formula is C22H27NO6. The molecule has 1 amide bonds. The molecule has 0 aliphatic rings. The summed E-state index contributed by atoms with van der Waals surface area (Å²) in [6.45, 7) is 3.58. The smallest absolute Gasteiger partial charge is 0.342 e. The van der Waals surface area contributed by atoms with Gasteiger partial charge in [0.1, 0.15) is 11.3 Å². The number of hydrogen-bond donors (Lipinski definition) is 1. The van der Waals surface area contributed by atoms with Crippen LogP contribution in [0.5, 0.6) is 17.2 Å². The van der Waals surface area contributed by atoms with Crippen LogP contribution in [0.3, 0.4) is 0 Å². The van der Waals surface area contributed by atoms with Crippen LogP contribution in [0.1, 0.15) is 40.9 Å². The van der Waals surface area contributed by atoms with Crippen LogP contribution in [-0.2, 0) is 9.53 Å². The van der Waals surface area contributed by atoms with Crippen LogP contribution in [0.2, 0.25) is 0 Å². The van der Waals surface area contributed by atoms with Crippen LogP contribution in [0.4, 0.5) is 0 Å². The summed E-state index contributed by atoms with van der Waals surface area (Å²) >= 11 is 0. The Morgan fingerprint density at radius 3 is 2.07 bits per heavy atom. The van der Waals surface area contributed by atoms with Crippen molar-refractivity contribution < 1.29 is 28.5 Å². The fourth-order valence-electron chi connectivity index (χ4n) is 2.85. The topological polar surface area (TPSA) is 83.1 Å². The number of aryl methyl sites for hydroxylation is 1. The average Bonchev–Trinajstić information content (AvgIpc) is 2.75. The lowest BCUT2D eigenvalue weighted by atomic mass is 10.0. The number of rotatable bonds is 9. The molecule has 0 aliphatic carbocycles. The molecule has 29 heavy (non-hydrogen) atoms. The quantitative estimate of drug-likeness (QED) is 0.648. The second-order valence-corrected chi connectivity index (χ2v) is 6.42. The molecular weight excluding hydrogens is 374 g/mol. The molecule has 1 atom stereocenters. The van der Waals surface area contributed by atoms with E-state index in [1.807, 2.05) is 38.1 Å². The van der Waals surface area contributed by atoms with Crippen molar-refractivity contribution in [3.63, 3.8) is 0 Å². The highest BCUT2D eigenvalue weighted by molar-refractivity contribution is 5.95. The van der Waals surface area contributed by atoms with E-state index in [1.54, 1.807) is 0 Å². The second-order valence-electron chi connectivity index (χ2n) is 6.42. The SMILES string of the molecule is CC[C@H](NC(=O)COC(=O)c1cc(OC)c(OC)cc1OC)c1ccc(C)cc1. The van der Waals surface area contributed by atoms with E-state index in [0.717, 1.165) is 11.1 Å². The van der Waals surface area contributed by atoms with Crippen molar-refractivity contribution in [2.75, 3.05) is 27.9 Å². The first-order valence-electron chi connectivity index (χ1n) is 9.26. The van der Waals surface area contributed by atoms with Gasteiger partial charge >= 0.3 is 5.97 Å². The molecule has 0 aliphatic heterocycles. The molecule has 7 nitrogen and oxygen atoms in total. The summed E-state index contributed by atoms with van der Waals surface area (Å²) in [5.41, 5.74) is 2.29. The summed E-state index contributed by atoms with van der Waals surface area (Å²) in [5, 5.41) is 2.89. The fraction of sp³-hybridized carbons (Fsp3) is 0.364. The lowest BCUT2D eigenvalue weighted by Crippen LogP contribution is -2.32. The van der Waals surface area contributed by atoms with Gasteiger partial charge in [-0.3, -0.25) is 4.79 Å². The van der Waals surface area contributed by atoms with Crippen molar-refractivity contribution in [2.24, 2.45) is 0 Å². The van der Waals surface area contributed by atoms with E-state index in [0.29, 0.717) is 17.9 Å². The van der Waals surface area contributed by atoms with E-state index in [-0.39, 0.29) is 23.3 Å². The van der Waals surface area contributed by atoms with Crippen molar-refractivity contribution in [1.82, 2.24) is 5.32 Å². The van der Waals surface area contributed by atoms with Gasteiger partial charge < -0.3 is 24.3 Å². The zero-order valence-electron chi connectivity index (χ0n) is 17.4. The Morgan fingerprint density at radius 2 is 1.52 bits per heavy atom. The fourth-order valence-corrected chi connectivity index (χ4v) is 2.85. The maximum Gasteiger partial charge on any atom is 0.342 e. The Balaban J connectivity index is 2.04. The van der Waals surface area contributed by atoms with Gasteiger partial charge in [0.2, 0.25) is 0 Å². The standard InChI is InChI=1S/C22H27NO6/c1-6-17(15-9-7-14(2)8-10-15)23-21(24)13-29-22(25)16-11-19(27-4)20(28-5)12-18(16)26-3/h7-12,17H,6,13H2,1-5H3,(H,23,24)/t17-/m0/s1. The van der Waals surface area contributed by atoms with Gasteiger partial charge in [-0.05, 0) is 18.9 Å². The number of methoxy groups -OCH3 is 3. The third-order valence-electron chi connectivity index (χ3n) is 4.48. The van der Waals surface area contributed by atoms with Crippen molar-refractivity contribution in [2.45, 2.75) is 26.3 Å². The van der Waals surface area contributed by atoms with Gasteiger partial charge in [-0.25, -0.2) is 4.79 Å². The van der Waals surface area contributed by atoms with Gasteiger partial charge in [0.15, 0.2) is 18.1 Å². The summed E-state index contributed by atoms with van der Waals surface area (Å²) in [6, 6.07) is 10.8. The number of esters is 1. The van der Waals surface area contributed by atoms with Gasteiger partial charge in [0.05, 0.1) is 27.4 Å². The zero-order valence-corrected chi connectivity index (χ0v) is 17.4. The predicted molar refractivity (Wildman–Crippen MR) is 109 cm³/mol. The molecule has 0 unspecified atom stereocenters. The van der Waals surface area contributed by atoms with Crippen LogP contribution in [0.25, 0.3) is 0 Å². The maximum atomic E-state index is 12.5. The van der Waals surface area contributed by atoms with Crippen molar-refractivity contribution in [3.05, 3.63) is 53.1 Å². The molecule has 2 aromatic carbocycles. The number of amides is 1. The molecule has 0 fully saturated rings. The Bertz CT molecular complexity index is 847. The van der Waals surface area contributed by atoms with E-state index < -0.39 is 12.6 Å². The highest BCUT2D eigenvalue weighted by Gasteiger charge is 2.20. The minimum Gasteiger partial charge on any atom is -0.496 e. The molecule has 2 rings (SSSR count). The number of hydrogen-bond acceptors (Lipinski definition) is 6. The first-order valence-corrected chi connectivity index (χ1v) is 9.26. The number of ether oxygens (including phenoxy) is 4. The van der Waals surface area contributed by atoms with E-state index >= 15 is 0 Å². The number of carbonyl (C=O) groups excluding carboxylic acids is 2. The summed E-state index contributed by atoms with van der Waals surface area (Å²) < 4.78 is 20.8. The molecule has 0 aromatic heterocycles. The third kappa shape index (κ3) is 5.63. The Kier molecular flexibility index (Phi) is 7.88. The normalized spacial score (nSPS) is 11.3. The third-order valence-corrected chi connectivity index (χ3v) is 4.48. The van der Waals surface area contributed by atoms with Crippen molar-refractivity contribution in [3.8, 4) is 17.2 Å². The average molecular weight is 401 g/mol. The molecule has 0 heterocycles. The van der Waals surface area contributed by atoms with Gasteiger partial charge in [-0.2, -0.15) is 0 Å². The summed E-state index contributed by atoms with van der Waals surface area (Å²) in [7, 11) is 4.37. The molecule has 0 spiro atoms. The number of nitrogens with one attached hydrogen (secondary N) is 1. The molecule has 0 radical (unpaired) electrons. The van der Waals surface area contributed by atoms with Crippen LogP contribution in [-0.4, -0.2) is 39.8 Å². The van der Waals surface area contributed by atoms with Crippen LogP contribution in [0, 0.1) is 6.92 Å². The van der Waals surface area contributed by atoms with Crippen molar-refractivity contribution >= 4 is 11.9 Å². The summed E-state index contributed by atoms with van der Waals surface area (Å²) in [6.07, 6.45) is 0.715. The van der Waals surface area contributed by atoms with Gasteiger partial charge in [0.25, 0.3) is 5.91 Å². The second kappa shape index (κ2) is 10.4. The molecule has 1 N–H and O–H groups in total. The van der Waals surface area contributed by atoms with Crippen LogP contribution < -0.4 is 19.5 Å². The Morgan fingerprint density at radius 1 is 0.931 bits per heavy atom. The Labute approximate surface area is 170 Å². The molecule has 156 valence electrons. The maximum absolute atomic E-state index is 12.5. The minimum absolute atomic E-state index is 0.142. The zero-order chi connectivity index (χ0) is 21.4. The molecule has 0 bridgehead atoms. The molecule has 0 saturated heterocycles. The van der Waals surface area contributed by atoms with Gasteiger partial charge in [0, 0.05) is 12.1 Å². The molecule has 0 saturated carbocycles. The highest BCUT2D eigenvalue weighted by atomic mass is 16.5. The van der Waals surface area contributed by atoms with E-state index in [9.17, 15) is 9.59 Å². The van der Waals surface area contributed by atoms with Crippen LogP contribution in [0.15, 0.2) is 36.4 Å². The van der Waals surface area contributed by atoms with E-state index in [2.05, 4.69) is 5.32 Å². The lowest BCUT2D eigenvalue weighted by Gasteiger charge is -2.18. The first-order chi connectivity index (χ1) is 13.9. The van der Waals surface area contributed by atoms with Crippen LogP contribution >= 0.6 is 0 Å². The highest BCUT2D eigenvalue weighted by Crippen LogP contribution is 2.34. The van der Waals surface area contributed by atoms with Crippen molar-refractivity contribution in [1.29, 1.82) is 0 Å². The number of benzene rings is 2. The summed E-state index contributed by atoms with van der Waals surface area (Å²) in [5.74, 6) is -0.0386. The van der Waals surface area contributed by atoms with E-state index in [4.69, 9.17) is 18.9 Å². The van der Waals surface area contributed by atoms with Gasteiger partial charge in [-0.1, -0.05) is 36.8 Å². The monoisotopic (exact) mass is 401 g/mol. The largest absolute Gasteiger partial charge is 0.496 e. The first kappa shape index (κ1) is 22.1. The molecule has 7 heteroatoms. The van der Waals surface area contributed by atoms with E-state index in [1.165, 1.54) is 33.5 Å².